The molecule has 0 spiro atoms. The molecule has 0 heterocycles. The van der Waals surface area contributed by atoms with E-state index in [0.717, 1.165) is 18.4 Å². The Labute approximate surface area is 97.7 Å². The minimum absolute atomic E-state index is 0.0445. The summed E-state index contributed by atoms with van der Waals surface area (Å²) in [6.45, 7) is 7.90. The van der Waals surface area contributed by atoms with E-state index in [0.29, 0.717) is 12.3 Å². The van der Waals surface area contributed by atoms with Crippen molar-refractivity contribution in [1.29, 1.82) is 0 Å². The lowest BCUT2D eigenvalue weighted by atomic mass is 9.91. The third-order valence-electron chi connectivity index (χ3n) is 2.61. The Morgan fingerprint density at radius 2 is 2.31 bits per heavy atom. The van der Waals surface area contributed by atoms with E-state index in [-0.39, 0.29) is 12.1 Å². The minimum atomic E-state index is -0.101. The van der Waals surface area contributed by atoms with E-state index in [1.54, 1.807) is 0 Å². The van der Waals surface area contributed by atoms with Crippen molar-refractivity contribution in [3.05, 3.63) is 36.5 Å². The van der Waals surface area contributed by atoms with Crippen LogP contribution in [-0.4, -0.2) is 12.1 Å². The van der Waals surface area contributed by atoms with Crippen LogP contribution in [0.3, 0.4) is 0 Å². The van der Waals surface area contributed by atoms with Crippen LogP contribution >= 0.6 is 0 Å². The van der Waals surface area contributed by atoms with E-state index in [2.05, 4.69) is 12.7 Å². The molecule has 0 aromatic rings. The molecule has 2 atom stereocenters. The molecule has 0 saturated heterocycles. The first-order chi connectivity index (χ1) is 7.63. The topological polar surface area (TPSA) is 26.3 Å². The Hall–Kier alpha value is -1.31. The second-order valence-electron chi connectivity index (χ2n) is 4.21. The van der Waals surface area contributed by atoms with Crippen molar-refractivity contribution in [3.63, 3.8) is 0 Å². The van der Waals surface area contributed by atoms with Crippen molar-refractivity contribution in [2.75, 3.05) is 0 Å². The molecule has 0 saturated carbocycles. The van der Waals surface area contributed by atoms with Crippen LogP contribution in [0.2, 0.25) is 0 Å². The highest BCUT2D eigenvalue weighted by Crippen LogP contribution is 2.23. The van der Waals surface area contributed by atoms with Crippen molar-refractivity contribution in [2.45, 2.75) is 39.2 Å². The average molecular weight is 220 g/mol. The fraction of sp³-hybridized carbons (Fsp3) is 0.500. The maximum absolute atomic E-state index is 11.3. The normalized spacial score (nSPS) is 20.9. The van der Waals surface area contributed by atoms with Crippen LogP contribution in [0.25, 0.3) is 0 Å². The number of hydrogen-bond acceptors (Lipinski definition) is 2. The van der Waals surface area contributed by atoms with Gasteiger partial charge in [0.25, 0.3) is 0 Å². The van der Waals surface area contributed by atoms with Crippen molar-refractivity contribution >= 4 is 5.97 Å². The van der Waals surface area contributed by atoms with Crippen LogP contribution in [0.4, 0.5) is 0 Å². The second kappa shape index (κ2) is 6.31. The number of carbonyl (C=O) groups excluding carboxylic acids is 1. The maximum atomic E-state index is 11.3. The molecule has 0 N–H and O–H groups in total. The third-order valence-corrected chi connectivity index (χ3v) is 2.61. The summed E-state index contributed by atoms with van der Waals surface area (Å²) in [6.07, 6.45) is 10.2. The molecule has 2 heteroatoms. The van der Waals surface area contributed by atoms with Gasteiger partial charge in [-0.2, -0.15) is 0 Å². The first-order valence-corrected chi connectivity index (χ1v) is 5.86. The molecule has 2 nitrogen and oxygen atoms in total. The fourth-order valence-corrected chi connectivity index (χ4v) is 1.75. The molecule has 0 amide bonds. The van der Waals surface area contributed by atoms with E-state index in [1.807, 2.05) is 32.1 Å². The zero-order chi connectivity index (χ0) is 12.0. The summed E-state index contributed by atoms with van der Waals surface area (Å²) in [5, 5.41) is 0. The molecule has 1 aliphatic carbocycles. The van der Waals surface area contributed by atoms with Gasteiger partial charge >= 0.3 is 5.97 Å². The molecule has 88 valence electrons. The third kappa shape index (κ3) is 4.05. The van der Waals surface area contributed by atoms with Crippen molar-refractivity contribution < 1.29 is 9.53 Å². The van der Waals surface area contributed by atoms with E-state index in [1.165, 1.54) is 0 Å². The number of ether oxygens (including phenoxy) is 1. The van der Waals surface area contributed by atoms with Crippen molar-refractivity contribution in [3.8, 4) is 0 Å². The number of rotatable bonds is 5. The summed E-state index contributed by atoms with van der Waals surface area (Å²) < 4.78 is 5.30. The summed E-state index contributed by atoms with van der Waals surface area (Å²) >= 11 is 0. The van der Waals surface area contributed by atoms with E-state index in [9.17, 15) is 4.79 Å². The lowest BCUT2D eigenvalue weighted by molar-refractivity contribution is -0.148. The van der Waals surface area contributed by atoms with Crippen LogP contribution in [0.15, 0.2) is 36.5 Å². The monoisotopic (exact) mass is 220 g/mol. The van der Waals surface area contributed by atoms with Gasteiger partial charge < -0.3 is 4.74 Å². The zero-order valence-corrected chi connectivity index (χ0v) is 10.1. The van der Waals surface area contributed by atoms with Gasteiger partial charge in [0, 0.05) is 12.3 Å². The van der Waals surface area contributed by atoms with Gasteiger partial charge in [-0.05, 0) is 25.3 Å². The van der Waals surface area contributed by atoms with Crippen molar-refractivity contribution in [1.82, 2.24) is 0 Å². The lowest BCUT2D eigenvalue weighted by Gasteiger charge is -2.20. The molecule has 1 rings (SSSR count). The predicted octanol–water partition coefficient (Wildman–Crippen LogP) is 3.41. The van der Waals surface area contributed by atoms with Crippen LogP contribution in [-0.2, 0) is 9.53 Å². The maximum Gasteiger partial charge on any atom is 0.306 e. The van der Waals surface area contributed by atoms with Crippen LogP contribution in [0.1, 0.15) is 33.1 Å². The summed E-state index contributed by atoms with van der Waals surface area (Å²) in [5.74, 6) is 0.199. The van der Waals surface area contributed by atoms with E-state index < -0.39 is 0 Å². The molecular weight excluding hydrogens is 200 g/mol. The van der Waals surface area contributed by atoms with Gasteiger partial charge in [0.05, 0.1) is 6.10 Å². The number of allylic oxidation sites excluding steroid dienone is 5. The first kappa shape index (κ1) is 12.8. The molecule has 1 aliphatic rings. The smallest absolute Gasteiger partial charge is 0.306 e. The highest BCUT2D eigenvalue weighted by molar-refractivity contribution is 5.69. The standard InChI is InChI=1S/C14H20O2/c1-4-7-14(15)16-12(3)10-13-9-6-5-8-11(13)2/h5-6,8-9,12-13H,2,4,7,10H2,1,3H3. The van der Waals surface area contributed by atoms with Gasteiger partial charge in [0.1, 0.15) is 0 Å². The number of hydrogen-bond donors (Lipinski definition) is 0. The number of esters is 1. The number of carbonyl (C=O) groups is 1. The van der Waals surface area contributed by atoms with E-state index >= 15 is 0 Å². The SMILES string of the molecule is C=C1C=CC=CC1CC(C)OC(=O)CCC. The molecule has 0 aromatic heterocycles. The summed E-state index contributed by atoms with van der Waals surface area (Å²) in [5.41, 5.74) is 1.08. The van der Waals surface area contributed by atoms with Crippen LogP contribution in [0.5, 0.6) is 0 Å². The summed E-state index contributed by atoms with van der Waals surface area (Å²) in [6, 6.07) is 0. The highest BCUT2D eigenvalue weighted by Gasteiger charge is 2.16. The van der Waals surface area contributed by atoms with Gasteiger partial charge in [0.2, 0.25) is 0 Å². The van der Waals surface area contributed by atoms with Crippen LogP contribution in [0, 0.1) is 5.92 Å². The lowest BCUT2D eigenvalue weighted by Crippen LogP contribution is -2.18. The van der Waals surface area contributed by atoms with Gasteiger partial charge in [0.15, 0.2) is 0 Å². The zero-order valence-electron chi connectivity index (χ0n) is 10.1. The second-order valence-corrected chi connectivity index (χ2v) is 4.21. The summed E-state index contributed by atoms with van der Waals surface area (Å²) in [4.78, 5) is 11.3. The van der Waals surface area contributed by atoms with E-state index in [4.69, 9.17) is 4.74 Å². The summed E-state index contributed by atoms with van der Waals surface area (Å²) in [7, 11) is 0. The average Bonchev–Trinajstić information content (AvgIpc) is 2.21. The van der Waals surface area contributed by atoms with Gasteiger partial charge in [-0.3, -0.25) is 4.79 Å². The highest BCUT2D eigenvalue weighted by atomic mass is 16.5. The Kier molecular flexibility index (Phi) is 5.03. The van der Waals surface area contributed by atoms with Crippen molar-refractivity contribution in [2.24, 2.45) is 5.92 Å². The largest absolute Gasteiger partial charge is 0.463 e. The quantitative estimate of drug-likeness (QED) is 0.664. The Balaban J connectivity index is 2.36. The van der Waals surface area contributed by atoms with Gasteiger partial charge in [-0.1, -0.05) is 37.8 Å². The molecule has 0 aromatic carbocycles. The molecule has 16 heavy (non-hydrogen) atoms. The minimum Gasteiger partial charge on any atom is -0.463 e. The molecule has 0 bridgehead atoms. The van der Waals surface area contributed by atoms with Gasteiger partial charge in [-0.15, -0.1) is 0 Å². The fourth-order valence-electron chi connectivity index (χ4n) is 1.75. The predicted molar refractivity (Wildman–Crippen MR) is 66.0 cm³/mol. The Bertz CT molecular complexity index is 313. The molecule has 0 aliphatic heterocycles. The van der Waals surface area contributed by atoms with Gasteiger partial charge in [-0.25, -0.2) is 0 Å². The molecule has 2 unspecified atom stereocenters. The first-order valence-electron chi connectivity index (χ1n) is 5.86. The molecular formula is C14H20O2. The molecule has 0 fully saturated rings. The molecule has 0 radical (unpaired) electrons. The Morgan fingerprint density at radius 1 is 1.56 bits per heavy atom. The Morgan fingerprint density at radius 3 is 2.94 bits per heavy atom. The van der Waals surface area contributed by atoms with Crippen LogP contribution < -0.4 is 0 Å².